The van der Waals surface area contributed by atoms with E-state index in [1.807, 2.05) is 0 Å². The predicted molar refractivity (Wildman–Crippen MR) is 77.0 cm³/mol. The quantitative estimate of drug-likeness (QED) is 0.638. The van der Waals surface area contributed by atoms with Crippen molar-refractivity contribution in [3.63, 3.8) is 0 Å². The second-order valence-electron chi connectivity index (χ2n) is 4.01. The molecule has 0 amide bonds. The summed E-state index contributed by atoms with van der Waals surface area (Å²) in [6, 6.07) is 11.2. The van der Waals surface area contributed by atoms with Gasteiger partial charge in [-0.2, -0.15) is 8.42 Å². The molecular formula is C14H11ClO5S. The summed E-state index contributed by atoms with van der Waals surface area (Å²) in [6.45, 7) is 0. The highest BCUT2D eigenvalue weighted by Crippen LogP contribution is 2.20. The number of carbonyl (C=O) groups excluding carboxylic acids is 1. The van der Waals surface area contributed by atoms with Crippen LogP contribution in [0, 0.1) is 0 Å². The van der Waals surface area contributed by atoms with Gasteiger partial charge in [-0.25, -0.2) is 4.79 Å². The lowest BCUT2D eigenvalue weighted by molar-refractivity contribution is 0.0600. The number of carbonyl (C=O) groups is 1. The summed E-state index contributed by atoms with van der Waals surface area (Å²) in [5.74, 6) is -0.417. The molecule has 0 bridgehead atoms. The Labute approximate surface area is 127 Å². The van der Waals surface area contributed by atoms with Gasteiger partial charge in [0.15, 0.2) is 0 Å². The van der Waals surface area contributed by atoms with Crippen LogP contribution in [0.15, 0.2) is 53.4 Å². The molecule has 0 aliphatic carbocycles. The molecule has 0 aromatic heterocycles. The Bertz CT molecular complexity index is 736. The van der Waals surface area contributed by atoms with E-state index >= 15 is 0 Å². The van der Waals surface area contributed by atoms with Crippen LogP contribution in [0.1, 0.15) is 10.4 Å². The Hall–Kier alpha value is -2.05. The zero-order valence-electron chi connectivity index (χ0n) is 10.9. The smallest absolute Gasteiger partial charge is 0.339 e. The Morgan fingerprint density at radius 3 is 2.10 bits per heavy atom. The van der Waals surface area contributed by atoms with Crippen LogP contribution in [0.4, 0.5) is 0 Å². The van der Waals surface area contributed by atoms with Crippen LogP contribution in [0.2, 0.25) is 5.02 Å². The Balaban J connectivity index is 2.20. The maximum absolute atomic E-state index is 12.0. The average molecular weight is 327 g/mol. The number of methoxy groups -OCH3 is 1. The third-order valence-corrected chi connectivity index (χ3v) is 4.10. The van der Waals surface area contributed by atoms with Gasteiger partial charge in [-0.15, -0.1) is 0 Å². The molecule has 2 aromatic carbocycles. The van der Waals surface area contributed by atoms with E-state index in [0.29, 0.717) is 10.6 Å². The lowest BCUT2D eigenvalue weighted by atomic mass is 10.2. The van der Waals surface area contributed by atoms with E-state index in [1.54, 1.807) is 0 Å². The van der Waals surface area contributed by atoms with Crippen molar-refractivity contribution in [2.24, 2.45) is 0 Å². The van der Waals surface area contributed by atoms with E-state index in [0.717, 1.165) is 0 Å². The number of hydrogen-bond donors (Lipinski definition) is 0. The Morgan fingerprint density at radius 2 is 1.57 bits per heavy atom. The number of halogens is 1. The molecule has 0 spiro atoms. The van der Waals surface area contributed by atoms with Crippen LogP contribution in [-0.4, -0.2) is 21.5 Å². The fourth-order valence-corrected chi connectivity index (χ4v) is 2.60. The minimum Gasteiger partial charge on any atom is -0.465 e. The van der Waals surface area contributed by atoms with Gasteiger partial charge in [-0.3, -0.25) is 0 Å². The third kappa shape index (κ3) is 3.74. The Morgan fingerprint density at radius 1 is 1.00 bits per heavy atom. The molecule has 0 N–H and O–H groups in total. The first-order valence-corrected chi connectivity index (χ1v) is 7.59. The van der Waals surface area contributed by atoms with Crippen LogP contribution in [0.25, 0.3) is 0 Å². The predicted octanol–water partition coefficient (Wildman–Crippen LogP) is 2.89. The molecule has 21 heavy (non-hydrogen) atoms. The van der Waals surface area contributed by atoms with E-state index < -0.39 is 16.1 Å². The van der Waals surface area contributed by atoms with Crippen LogP contribution in [0.5, 0.6) is 5.75 Å². The average Bonchev–Trinajstić information content (AvgIpc) is 2.47. The largest absolute Gasteiger partial charge is 0.465 e. The molecule has 0 aliphatic rings. The molecule has 2 aromatic rings. The molecule has 5 nitrogen and oxygen atoms in total. The molecule has 0 unspecified atom stereocenters. The number of ether oxygens (including phenoxy) is 1. The SMILES string of the molecule is COC(=O)c1ccc(OS(=O)(=O)c2ccc(Cl)cc2)cc1. The molecule has 0 heterocycles. The van der Waals surface area contributed by atoms with Gasteiger partial charge in [-0.1, -0.05) is 11.6 Å². The highest BCUT2D eigenvalue weighted by atomic mass is 35.5. The molecule has 2 rings (SSSR count). The summed E-state index contributed by atoms with van der Waals surface area (Å²) in [5.41, 5.74) is 0.300. The van der Waals surface area contributed by atoms with Gasteiger partial charge in [-0.05, 0) is 48.5 Å². The van der Waals surface area contributed by atoms with Gasteiger partial charge in [0.25, 0.3) is 0 Å². The second-order valence-corrected chi connectivity index (χ2v) is 5.99. The van der Waals surface area contributed by atoms with Crippen molar-refractivity contribution >= 4 is 27.7 Å². The van der Waals surface area contributed by atoms with Crippen molar-refractivity contribution in [1.29, 1.82) is 0 Å². The normalized spacial score (nSPS) is 11.0. The Kier molecular flexibility index (Phi) is 4.50. The summed E-state index contributed by atoms with van der Waals surface area (Å²) < 4.78 is 33.6. The summed E-state index contributed by atoms with van der Waals surface area (Å²) in [5, 5.41) is 0.427. The number of rotatable bonds is 4. The highest BCUT2D eigenvalue weighted by molar-refractivity contribution is 7.87. The van der Waals surface area contributed by atoms with Gasteiger partial charge in [0, 0.05) is 5.02 Å². The zero-order valence-corrected chi connectivity index (χ0v) is 12.5. The maximum Gasteiger partial charge on any atom is 0.339 e. The summed E-state index contributed by atoms with van der Waals surface area (Å²) in [4.78, 5) is 11.3. The van der Waals surface area contributed by atoms with Crippen molar-refractivity contribution in [2.75, 3.05) is 7.11 Å². The highest BCUT2D eigenvalue weighted by Gasteiger charge is 2.16. The van der Waals surface area contributed by atoms with E-state index in [9.17, 15) is 13.2 Å². The van der Waals surface area contributed by atoms with Gasteiger partial charge in [0.05, 0.1) is 12.7 Å². The fraction of sp³-hybridized carbons (Fsp3) is 0.0714. The lowest BCUT2D eigenvalue weighted by Crippen LogP contribution is -2.09. The van der Waals surface area contributed by atoms with Crippen LogP contribution < -0.4 is 4.18 Å². The van der Waals surface area contributed by atoms with Crippen molar-refractivity contribution < 1.29 is 22.1 Å². The molecule has 0 saturated carbocycles. The fourth-order valence-electron chi connectivity index (χ4n) is 1.54. The number of esters is 1. The molecule has 7 heteroatoms. The van der Waals surface area contributed by atoms with Crippen molar-refractivity contribution in [3.05, 3.63) is 59.1 Å². The van der Waals surface area contributed by atoms with Gasteiger partial charge in [0.1, 0.15) is 10.6 Å². The first kappa shape index (κ1) is 15.3. The van der Waals surface area contributed by atoms with Gasteiger partial charge >= 0.3 is 16.1 Å². The summed E-state index contributed by atoms with van der Waals surface area (Å²) in [7, 11) is -2.68. The first-order chi connectivity index (χ1) is 9.92. The molecule has 0 atom stereocenters. The van der Waals surface area contributed by atoms with E-state index in [-0.39, 0.29) is 10.6 Å². The molecule has 0 saturated heterocycles. The lowest BCUT2D eigenvalue weighted by Gasteiger charge is -2.07. The summed E-state index contributed by atoms with van der Waals surface area (Å²) >= 11 is 5.70. The number of hydrogen-bond acceptors (Lipinski definition) is 5. The third-order valence-electron chi connectivity index (χ3n) is 2.58. The summed E-state index contributed by atoms with van der Waals surface area (Å²) in [6.07, 6.45) is 0. The topological polar surface area (TPSA) is 69.7 Å². The van der Waals surface area contributed by atoms with Gasteiger partial charge < -0.3 is 8.92 Å². The second kappa shape index (κ2) is 6.15. The van der Waals surface area contributed by atoms with Crippen molar-refractivity contribution in [3.8, 4) is 5.75 Å². The van der Waals surface area contributed by atoms with Gasteiger partial charge in [0.2, 0.25) is 0 Å². The van der Waals surface area contributed by atoms with Crippen LogP contribution >= 0.6 is 11.6 Å². The van der Waals surface area contributed by atoms with Crippen molar-refractivity contribution in [1.82, 2.24) is 0 Å². The van der Waals surface area contributed by atoms with Crippen molar-refractivity contribution in [2.45, 2.75) is 4.90 Å². The van der Waals surface area contributed by atoms with E-state index in [1.165, 1.54) is 55.6 Å². The van der Waals surface area contributed by atoms with E-state index in [4.69, 9.17) is 15.8 Å². The molecular weight excluding hydrogens is 316 g/mol. The number of benzene rings is 2. The molecule has 0 aliphatic heterocycles. The first-order valence-electron chi connectivity index (χ1n) is 5.81. The van der Waals surface area contributed by atoms with Crippen LogP contribution in [-0.2, 0) is 14.9 Å². The minimum atomic E-state index is -3.94. The van der Waals surface area contributed by atoms with Crippen LogP contribution in [0.3, 0.4) is 0 Å². The molecule has 0 fully saturated rings. The monoisotopic (exact) mass is 326 g/mol. The zero-order chi connectivity index (χ0) is 15.5. The maximum atomic E-state index is 12.0. The molecule has 0 radical (unpaired) electrons. The standard InChI is InChI=1S/C14H11ClO5S/c1-19-14(16)10-2-6-12(7-3-10)20-21(17,18)13-8-4-11(15)5-9-13/h2-9H,1H3. The van der Waals surface area contributed by atoms with E-state index in [2.05, 4.69) is 4.74 Å². The minimum absolute atomic E-state index is 0.0102. The molecule has 110 valence electrons.